The predicted molar refractivity (Wildman–Crippen MR) is 160 cm³/mol. The fourth-order valence-corrected chi connectivity index (χ4v) is 1.28. The molecule has 3 heteroatoms. The van der Waals surface area contributed by atoms with Crippen molar-refractivity contribution in [2.75, 3.05) is 28.4 Å². The molecule has 0 spiro atoms. The highest BCUT2D eigenvalue weighted by molar-refractivity contribution is 5.27. The van der Waals surface area contributed by atoms with Gasteiger partial charge >= 0.3 is 0 Å². The van der Waals surface area contributed by atoms with Gasteiger partial charge in [-0.15, -0.1) is 0 Å². The van der Waals surface area contributed by atoms with E-state index in [0.717, 1.165) is 0 Å². The lowest BCUT2D eigenvalue weighted by atomic mass is 10.2. The number of hydrogen-bond donors (Lipinski definition) is 0. The number of nitriles is 1. The maximum absolute atomic E-state index is 8.29. The first kappa shape index (κ1) is 45.6. The Labute approximate surface area is 219 Å². The number of rotatable bonds is 0. The minimum Gasteiger partial charge on any atom is -0.388 e. The van der Waals surface area contributed by atoms with E-state index < -0.39 is 0 Å². The van der Waals surface area contributed by atoms with Crippen molar-refractivity contribution in [2.45, 2.75) is 61.8 Å². The molecule has 0 aromatic heterocycles. The smallest absolute Gasteiger partial charge is 0.0991 e. The molecule has 0 bridgehead atoms. The van der Waals surface area contributed by atoms with E-state index in [1.807, 2.05) is 139 Å². The summed E-state index contributed by atoms with van der Waals surface area (Å²) in [6, 6.07) is 35.2. The third-order valence-corrected chi connectivity index (χ3v) is 2.24. The average molecular weight is 486 g/mol. The van der Waals surface area contributed by atoms with Gasteiger partial charge in [-0.1, -0.05) is 153 Å². The summed E-state index contributed by atoms with van der Waals surface area (Å²) in [7, 11) is 6.50. The minimum atomic E-state index is 0.715. The van der Waals surface area contributed by atoms with Crippen LogP contribution in [0.15, 0.2) is 103 Å². The fraction of sp³-hybridized carbons (Fsp3) is 0.406. The van der Waals surface area contributed by atoms with E-state index in [1.54, 1.807) is 40.6 Å². The fourth-order valence-electron chi connectivity index (χ4n) is 1.28. The van der Waals surface area contributed by atoms with Gasteiger partial charge in [0.15, 0.2) is 0 Å². The van der Waals surface area contributed by atoms with Crippen LogP contribution in [0.2, 0.25) is 0 Å². The van der Waals surface area contributed by atoms with Gasteiger partial charge in [0.05, 0.1) is 11.6 Å². The third kappa shape index (κ3) is 72.2. The van der Waals surface area contributed by atoms with E-state index in [4.69, 9.17) is 5.26 Å². The standard InChI is InChI=1S/C7H5N.2C6H6.C3H8.2C2H6O.3C2H6/c8-6-7-4-2-1-3-5-7;2*1-2-4-6-5-3-1;3*1-3-2;3*1-2/h1-5H;2*1-6H;3H2,1-2H3;2*1-2H3;3*1-2H3. The molecular formula is C32H55NO2. The highest BCUT2D eigenvalue weighted by Gasteiger charge is 1.79. The number of nitrogens with zero attached hydrogens (tertiary/aromatic N) is 1. The van der Waals surface area contributed by atoms with Gasteiger partial charge in [0.25, 0.3) is 0 Å². The normalized spacial score (nSPS) is 6.60. The van der Waals surface area contributed by atoms with Gasteiger partial charge in [-0.05, 0) is 12.1 Å². The zero-order valence-corrected chi connectivity index (χ0v) is 24.8. The summed E-state index contributed by atoms with van der Waals surface area (Å²) in [5, 5.41) is 8.29. The summed E-state index contributed by atoms with van der Waals surface area (Å²) in [4.78, 5) is 0. The van der Waals surface area contributed by atoms with Gasteiger partial charge < -0.3 is 9.47 Å². The van der Waals surface area contributed by atoms with Crippen molar-refractivity contribution >= 4 is 0 Å². The molecule has 3 rings (SSSR count). The minimum absolute atomic E-state index is 0.715. The Morgan fingerprint density at radius 1 is 0.486 bits per heavy atom. The summed E-state index contributed by atoms with van der Waals surface area (Å²) in [5.41, 5.74) is 0.715. The van der Waals surface area contributed by atoms with Crippen molar-refractivity contribution in [1.82, 2.24) is 0 Å². The number of benzene rings is 3. The molecular weight excluding hydrogens is 430 g/mol. The van der Waals surface area contributed by atoms with Crippen LogP contribution < -0.4 is 0 Å². The Bertz CT molecular complexity index is 534. The zero-order valence-electron chi connectivity index (χ0n) is 24.8. The van der Waals surface area contributed by atoms with Crippen LogP contribution in [0.3, 0.4) is 0 Å². The van der Waals surface area contributed by atoms with Crippen molar-refractivity contribution in [3.63, 3.8) is 0 Å². The van der Waals surface area contributed by atoms with Crippen LogP contribution in [-0.2, 0) is 9.47 Å². The van der Waals surface area contributed by atoms with Gasteiger partial charge in [-0.3, -0.25) is 0 Å². The van der Waals surface area contributed by atoms with Crippen LogP contribution in [0.1, 0.15) is 67.4 Å². The van der Waals surface area contributed by atoms with E-state index in [9.17, 15) is 0 Å². The Kier molecular flexibility index (Phi) is 82.4. The summed E-state index contributed by atoms with van der Waals surface area (Å²) in [5.74, 6) is 0. The predicted octanol–water partition coefficient (Wildman–Crippen LogP) is 9.95. The average Bonchev–Trinajstić information content (AvgIpc) is 2.96. The Morgan fingerprint density at radius 3 is 0.743 bits per heavy atom. The van der Waals surface area contributed by atoms with Gasteiger partial charge in [0.1, 0.15) is 0 Å². The first-order valence-electron chi connectivity index (χ1n) is 12.4. The number of ether oxygens (including phenoxy) is 2. The SMILES string of the molecule is CC.CC.CC.CCC.COC.COC.N#Cc1ccccc1.c1ccccc1.c1ccccc1. The molecule has 3 aromatic carbocycles. The van der Waals surface area contributed by atoms with Gasteiger partial charge in [-0.25, -0.2) is 0 Å². The zero-order chi connectivity index (χ0) is 28.4. The van der Waals surface area contributed by atoms with E-state index in [0.29, 0.717) is 5.56 Å². The van der Waals surface area contributed by atoms with Crippen molar-refractivity contribution in [3.8, 4) is 6.07 Å². The summed E-state index contributed by atoms with van der Waals surface area (Å²) in [6.45, 7) is 16.2. The second kappa shape index (κ2) is 63.3. The molecule has 0 atom stereocenters. The highest BCUT2D eigenvalue weighted by atomic mass is 16.5. The van der Waals surface area contributed by atoms with Crippen LogP contribution in [0.5, 0.6) is 0 Å². The molecule has 0 saturated heterocycles. The van der Waals surface area contributed by atoms with E-state index in [2.05, 4.69) is 23.3 Å². The quantitative estimate of drug-likeness (QED) is 0.318. The van der Waals surface area contributed by atoms with Crippen molar-refractivity contribution in [2.24, 2.45) is 0 Å². The molecule has 200 valence electrons. The molecule has 35 heavy (non-hydrogen) atoms. The summed E-state index contributed by atoms with van der Waals surface area (Å²) >= 11 is 0. The van der Waals surface area contributed by atoms with Crippen molar-refractivity contribution in [1.29, 1.82) is 5.26 Å². The van der Waals surface area contributed by atoms with E-state index in [1.165, 1.54) is 6.42 Å². The van der Waals surface area contributed by atoms with E-state index in [-0.39, 0.29) is 0 Å². The van der Waals surface area contributed by atoms with Crippen LogP contribution in [0, 0.1) is 11.3 Å². The van der Waals surface area contributed by atoms with Gasteiger partial charge in [-0.2, -0.15) is 5.26 Å². The Hall–Kier alpha value is -2.93. The molecule has 0 fully saturated rings. The van der Waals surface area contributed by atoms with E-state index >= 15 is 0 Å². The molecule has 0 aliphatic carbocycles. The second-order valence-electron chi connectivity index (χ2n) is 5.31. The summed E-state index contributed by atoms with van der Waals surface area (Å²) in [6.07, 6.45) is 1.25. The molecule has 0 aliphatic heterocycles. The molecule has 0 aliphatic rings. The largest absolute Gasteiger partial charge is 0.388 e. The van der Waals surface area contributed by atoms with Crippen LogP contribution in [0.25, 0.3) is 0 Å². The monoisotopic (exact) mass is 485 g/mol. The third-order valence-electron chi connectivity index (χ3n) is 2.24. The van der Waals surface area contributed by atoms with Crippen molar-refractivity contribution in [3.05, 3.63) is 109 Å². The molecule has 3 nitrogen and oxygen atoms in total. The van der Waals surface area contributed by atoms with Gasteiger partial charge in [0, 0.05) is 28.4 Å². The van der Waals surface area contributed by atoms with Gasteiger partial charge in [0.2, 0.25) is 0 Å². The molecule has 0 saturated carbocycles. The topological polar surface area (TPSA) is 42.2 Å². The molecule has 0 N–H and O–H groups in total. The molecule has 0 amide bonds. The lowest BCUT2D eigenvalue weighted by Gasteiger charge is -1.80. The molecule has 0 unspecified atom stereocenters. The maximum atomic E-state index is 8.29. The van der Waals surface area contributed by atoms with Crippen molar-refractivity contribution < 1.29 is 9.47 Å². The molecule has 0 radical (unpaired) electrons. The van der Waals surface area contributed by atoms with Crippen LogP contribution >= 0.6 is 0 Å². The Morgan fingerprint density at radius 2 is 0.629 bits per heavy atom. The van der Waals surface area contributed by atoms with Crippen LogP contribution in [-0.4, -0.2) is 28.4 Å². The first-order chi connectivity index (χ1) is 17.2. The maximum Gasteiger partial charge on any atom is 0.0991 e. The lowest BCUT2D eigenvalue weighted by molar-refractivity contribution is 0.277. The number of hydrogen-bond acceptors (Lipinski definition) is 3. The van der Waals surface area contributed by atoms with Crippen LogP contribution in [0.4, 0.5) is 0 Å². The Balaban J connectivity index is -0.0000000717. The first-order valence-corrected chi connectivity index (χ1v) is 12.4. The summed E-state index contributed by atoms with van der Waals surface area (Å²) < 4.78 is 8.50. The highest BCUT2D eigenvalue weighted by Crippen LogP contribution is 1.93. The lowest BCUT2D eigenvalue weighted by Crippen LogP contribution is -1.66. The molecule has 0 heterocycles. The second-order valence-corrected chi connectivity index (χ2v) is 5.31. The number of methoxy groups -OCH3 is 2. The molecule has 3 aromatic rings.